The number of rotatable bonds is 9. The lowest BCUT2D eigenvalue weighted by Crippen LogP contribution is -2.45. The fourth-order valence-electron chi connectivity index (χ4n) is 4.06. The molecule has 0 radical (unpaired) electrons. The van der Waals surface area contributed by atoms with Crippen molar-refractivity contribution in [3.63, 3.8) is 0 Å². The van der Waals surface area contributed by atoms with Crippen LogP contribution in [0.3, 0.4) is 0 Å². The monoisotopic (exact) mass is 480 g/mol. The predicted octanol–water partition coefficient (Wildman–Crippen LogP) is 4.86. The zero-order valence-electron chi connectivity index (χ0n) is 20.5. The number of carbonyl (C=O) groups is 1. The predicted molar refractivity (Wildman–Crippen MR) is 133 cm³/mol. The molecule has 3 N–H and O–H groups in total. The smallest absolute Gasteiger partial charge is 0.496 e. The fraction of sp³-hybridized carbons (Fsp3) is 0.385. The Morgan fingerprint density at radius 1 is 1.14 bits per heavy atom. The first-order valence-electron chi connectivity index (χ1n) is 11.7. The van der Waals surface area contributed by atoms with Crippen LogP contribution >= 0.6 is 0 Å². The molecule has 1 atom stereocenters. The van der Waals surface area contributed by atoms with Gasteiger partial charge in [0.25, 0.3) is 5.96 Å². The van der Waals surface area contributed by atoms with E-state index in [1.165, 1.54) is 5.06 Å². The highest BCUT2D eigenvalue weighted by Gasteiger charge is 2.36. The van der Waals surface area contributed by atoms with Gasteiger partial charge in [-0.1, -0.05) is 24.3 Å². The molecular formula is C26H32N4O5. The van der Waals surface area contributed by atoms with E-state index < -0.39 is 12.2 Å². The van der Waals surface area contributed by atoms with Gasteiger partial charge in [-0.25, -0.2) is 0 Å². The van der Waals surface area contributed by atoms with E-state index >= 15 is 0 Å². The number of ether oxygens (including phenoxy) is 1. The van der Waals surface area contributed by atoms with Crippen LogP contribution in [0.2, 0.25) is 0 Å². The largest absolute Gasteiger partial charge is 0.560 e. The Labute approximate surface area is 204 Å². The number of hydroxylamine groups is 2. The topological polar surface area (TPSA) is 112 Å². The summed E-state index contributed by atoms with van der Waals surface area (Å²) < 4.78 is 11.8. The molecule has 0 fully saturated rings. The number of aryl methyl sites for hydroxylation is 1. The van der Waals surface area contributed by atoms with Gasteiger partial charge in [-0.05, 0) is 81.6 Å². The Morgan fingerprint density at radius 3 is 2.69 bits per heavy atom. The first kappa shape index (κ1) is 24.4. The highest BCUT2D eigenvalue weighted by molar-refractivity contribution is 5.82. The third-order valence-corrected chi connectivity index (χ3v) is 5.70. The average molecular weight is 481 g/mol. The van der Waals surface area contributed by atoms with E-state index in [1.54, 1.807) is 7.11 Å². The van der Waals surface area contributed by atoms with Gasteiger partial charge >= 0.3 is 6.16 Å². The van der Waals surface area contributed by atoms with E-state index in [-0.39, 0.29) is 11.5 Å². The van der Waals surface area contributed by atoms with Gasteiger partial charge in [-0.15, -0.1) is 0 Å². The Kier molecular flexibility index (Phi) is 7.16. The van der Waals surface area contributed by atoms with Crippen molar-refractivity contribution in [1.29, 1.82) is 0 Å². The summed E-state index contributed by atoms with van der Waals surface area (Å²) >= 11 is 0. The molecule has 0 saturated carbocycles. The van der Waals surface area contributed by atoms with Crippen LogP contribution in [0.1, 0.15) is 56.5 Å². The number of para-hydroxylation sites is 1. The number of nitrogens with zero attached hydrogens (tertiary/aromatic N) is 2. The zero-order chi connectivity index (χ0) is 25.0. The van der Waals surface area contributed by atoms with Crippen LogP contribution in [-0.4, -0.2) is 36.4 Å². The van der Waals surface area contributed by atoms with Gasteiger partial charge in [0.1, 0.15) is 17.1 Å². The quantitative estimate of drug-likeness (QED) is 0.330. The third-order valence-electron chi connectivity index (χ3n) is 5.70. The highest BCUT2D eigenvalue weighted by atomic mass is 16.9. The summed E-state index contributed by atoms with van der Waals surface area (Å²) in [6.07, 6.45) is 1.95. The van der Waals surface area contributed by atoms with Crippen molar-refractivity contribution >= 4 is 23.1 Å². The molecule has 1 aliphatic heterocycles. The number of furan rings is 1. The number of unbranched alkanes of at least 4 members (excludes halogenated alkanes) is 1. The summed E-state index contributed by atoms with van der Waals surface area (Å²) in [6, 6.07) is 14.8. The molecule has 9 nitrogen and oxygen atoms in total. The lowest BCUT2D eigenvalue weighted by atomic mass is 9.97. The number of oxime groups is 1. The molecule has 1 aliphatic rings. The number of hydrogen-bond donors (Lipinski definition) is 2. The first-order chi connectivity index (χ1) is 16.7. The van der Waals surface area contributed by atoms with E-state index in [1.807, 2.05) is 48.5 Å². The number of fused-ring (bicyclic) bond motifs is 1. The number of carbonyl (C=O) groups excluding carboxylic acids is 1. The molecule has 2 aromatic carbocycles. The van der Waals surface area contributed by atoms with E-state index in [0.29, 0.717) is 17.1 Å². The van der Waals surface area contributed by atoms with Crippen LogP contribution in [0, 0.1) is 0 Å². The van der Waals surface area contributed by atoms with Gasteiger partial charge in [-0.2, -0.15) is 9.86 Å². The Bertz CT molecular complexity index is 1180. The summed E-state index contributed by atoms with van der Waals surface area (Å²) in [5.41, 5.74) is 8.72. The summed E-state index contributed by atoms with van der Waals surface area (Å²) in [6.45, 7) is 7.43. The van der Waals surface area contributed by atoms with Crippen LogP contribution in [0.15, 0.2) is 58.1 Å². The van der Waals surface area contributed by atoms with Crippen LogP contribution in [0.5, 0.6) is 5.75 Å². The average Bonchev–Trinajstić information content (AvgIpc) is 3.24. The molecule has 3 aromatic rings. The van der Waals surface area contributed by atoms with Crippen LogP contribution in [-0.2, 0) is 16.1 Å². The maximum atomic E-state index is 11.9. The Balaban J connectivity index is 1.68. The van der Waals surface area contributed by atoms with Crippen molar-refractivity contribution in [2.75, 3.05) is 13.7 Å². The van der Waals surface area contributed by atoms with Gasteiger partial charge in [0.2, 0.25) is 0 Å². The number of guanidine groups is 1. The molecule has 0 amide bonds. The minimum atomic E-state index is -0.984. The molecule has 1 aromatic heterocycles. The molecule has 2 heterocycles. The van der Waals surface area contributed by atoms with E-state index in [9.17, 15) is 4.79 Å². The number of hydrogen-bond acceptors (Lipinski definition) is 9. The van der Waals surface area contributed by atoms with Crippen molar-refractivity contribution in [1.82, 2.24) is 10.4 Å². The summed E-state index contributed by atoms with van der Waals surface area (Å²) in [7, 11) is 1.59. The summed E-state index contributed by atoms with van der Waals surface area (Å²) in [5, 5.41) is 9.26. The second-order valence-electron chi connectivity index (χ2n) is 9.51. The standard InChI is InChI=1S/C26H32N4O5/c1-26(2,3)28-14-8-7-9-17-12-13-21(32-4)19(15-17)23(30-24(27)29-34-25(31)35-30)22-16-18-10-5-6-11-20(18)33-22/h5-6,10-13,15-16,23,28H,7-9,14H2,1-4H3,(H2,27,29). The van der Waals surface area contributed by atoms with E-state index in [0.717, 1.165) is 42.3 Å². The van der Waals surface area contributed by atoms with Crippen molar-refractivity contribution in [3.8, 4) is 5.75 Å². The summed E-state index contributed by atoms with van der Waals surface area (Å²) in [4.78, 5) is 21.9. The molecule has 0 bridgehead atoms. The lowest BCUT2D eigenvalue weighted by molar-refractivity contribution is -0.116. The SMILES string of the molecule is COc1ccc(CCCCNC(C)(C)C)cc1C(c1cc2ccccc2o1)N1OC(=O)ON=C1N. The maximum Gasteiger partial charge on any atom is 0.560 e. The molecule has 0 aliphatic carbocycles. The molecule has 186 valence electrons. The van der Waals surface area contributed by atoms with Crippen LogP contribution in [0.25, 0.3) is 11.0 Å². The molecule has 1 unspecified atom stereocenters. The maximum absolute atomic E-state index is 11.9. The van der Waals surface area contributed by atoms with Crippen molar-refractivity contribution in [2.24, 2.45) is 10.9 Å². The highest BCUT2D eigenvalue weighted by Crippen LogP contribution is 2.39. The number of nitrogens with two attached hydrogens (primary N) is 1. The second kappa shape index (κ2) is 10.3. The Hall–Kier alpha value is -3.72. The van der Waals surface area contributed by atoms with Crippen molar-refractivity contribution < 1.29 is 23.6 Å². The lowest BCUT2D eigenvalue weighted by Gasteiger charge is -2.31. The molecule has 9 heteroatoms. The van der Waals surface area contributed by atoms with Gasteiger partial charge < -0.3 is 25.0 Å². The third kappa shape index (κ3) is 5.86. The normalized spacial score (nSPS) is 14.9. The molecule has 35 heavy (non-hydrogen) atoms. The minimum Gasteiger partial charge on any atom is -0.496 e. The first-order valence-corrected chi connectivity index (χ1v) is 11.7. The van der Waals surface area contributed by atoms with E-state index in [4.69, 9.17) is 19.7 Å². The number of methoxy groups -OCH3 is 1. The molecule has 0 saturated heterocycles. The number of benzene rings is 2. The van der Waals surface area contributed by atoms with Gasteiger partial charge in [0.15, 0.2) is 6.04 Å². The van der Waals surface area contributed by atoms with Gasteiger partial charge in [0.05, 0.1) is 7.11 Å². The van der Waals surface area contributed by atoms with Crippen molar-refractivity contribution in [2.45, 2.75) is 51.6 Å². The van der Waals surface area contributed by atoms with Crippen LogP contribution < -0.4 is 15.8 Å². The van der Waals surface area contributed by atoms with Gasteiger partial charge in [0, 0.05) is 16.5 Å². The fourth-order valence-corrected chi connectivity index (χ4v) is 4.06. The Morgan fingerprint density at radius 2 is 1.94 bits per heavy atom. The number of nitrogens with one attached hydrogen (secondary N) is 1. The summed E-state index contributed by atoms with van der Waals surface area (Å²) in [5.74, 6) is 1.00. The molecular weight excluding hydrogens is 448 g/mol. The molecule has 0 spiro atoms. The zero-order valence-corrected chi connectivity index (χ0v) is 20.5. The minimum absolute atomic E-state index is 0.101. The van der Waals surface area contributed by atoms with Crippen LogP contribution in [0.4, 0.5) is 4.79 Å². The second-order valence-corrected chi connectivity index (χ2v) is 9.51. The molecule has 4 rings (SSSR count). The van der Waals surface area contributed by atoms with Gasteiger partial charge in [-0.3, -0.25) is 4.84 Å². The van der Waals surface area contributed by atoms with E-state index in [2.05, 4.69) is 36.1 Å². The van der Waals surface area contributed by atoms with Crippen molar-refractivity contribution in [3.05, 3.63) is 65.4 Å².